The second-order valence-corrected chi connectivity index (χ2v) is 10.2. The number of carbonyl (C=O) groups is 3. The quantitative estimate of drug-likeness (QED) is 0.272. The molecule has 5 aliphatic rings. The molecule has 4 aliphatic carbocycles. The van der Waals surface area contributed by atoms with E-state index >= 15 is 0 Å². The van der Waals surface area contributed by atoms with E-state index in [9.17, 15) is 14.4 Å². The van der Waals surface area contributed by atoms with Crippen LogP contribution in [0.1, 0.15) is 30.9 Å². The van der Waals surface area contributed by atoms with E-state index in [1.54, 1.807) is 12.1 Å². The topological polar surface area (TPSA) is 63.7 Å². The average Bonchev–Trinajstić information content (AvgIpc) is 3.63. The van der Waals surface area contributed by atoms with Gasteiger partial charge < -0.3 is 4.74 Å². The van der Waals surface area contributed by atoms with Gasteiger partial charge in [0.05, 0.1) is 11.8 Å². The van der Waals surface area contributed by atoms with Crippen LogP contribution in [-0.4, -0.2) is 28.7 Å². The number of imide groups is 1. The summed E-state index contributed by atoms with van der Waals surface area (Å²) in [5, 5.41) is 0. The van der Waals surface area contributed by atoms with E-state index in [2.05, 4.69) is 19.1 Å². The first-order valence-corrected chi connectivity index (χ1v) is 12.5. The molecule has 1 aliphatic heterocycles. The second-order valence-electron chi connectivity index (χ2n) is 10.2. The van der Waals surface area contributed by atoms with Gasteiger partial charge in [0.2, 0.25) is 11.8 Å². The van der Waals surface area contributed by atoms with Crippen LogP contribution in [0.25, 0.3) is 0 Å². The zero-order chi connectivity index (χ0) is 23.4. The van der Waals surface area contributed by atoms with Gasteiger partial charge in [-0.15, -0.1) is 0 Å². The molecule has 2 bridgehead atoms. The summed E-state index contributed by atoms with van der Waals surface area (Å²) in [5.41, 5.74) is 2.07. The summed E-state index contributed by atoms with van der Waals surface area (Å²) in [6, 6.07) is 16.0. The second kappa shape index (κ2) is 8.23. The molecule has 1 saturated heterocycles. The molecule has 0 radical (unpaired) electrons. The van der Waals surface area contributed by atoms with Crippen molar-refractivity contribution in [2.24, 2.45) is 35.5 Å². The molecule has 5 nitrogen and oxygen atoms in total. The standard InChI is InChI=1S/C29H29NO4/c1-2-6-17-9-11-19(12-10-17)34-29(33)24(15-18-7-4-3-5-8-18)30-27(31)25-20-13-14-21(23-16-22(20)23)26(25)28(30)32/h3-5,7-14,20-26H,2,6,15-16H2,1H3/t20-,21-,22-,23-,24+,25+,26+/m1/s1. The zero-order valence-electron chi connectivity index (χ0n) is 19.3. The lowest BCUT2D eigenvalue weighted by Crippen LogP contribution is -2.48. The van der Waals surface area contributed by atoms with Crippen LogP contribution in [-0.2, 0) is 27.2 Å². The Balaban J connectivity index is 1.29. The van der Waals surface area contributed by atoms with Crippen molar-refractivity contribution in [1.82, 2.24) is 4.90 Å². The summed E-state index contributed by atoms with van der Waals surface area (Å²) in [7, 11) is 0. The first kappa shape index (κ1) is 21.3. The van der Waals surface area contributed by atoms with Crippen LogP contribution in [0.4, 0.5) is 0 Å². The molecule has 0 unspecified atom stereocenters. The van der Waals surface area contributed by atoms with E-state index in [0.717, 1.165) is 24.8 Å². The average molecular weight is 456 g/mol. The summed E-state index contributed by atoms with van der Waals surface area (Å²) in [4.78, 5) is 42.1. The highest BCUT2D eigenvalue weighted by Crippen LogP contribution is 2.65. The number of hydrogen-bond acceptors (Lipinski definition) is 4. The Morgan fingerprint density at radius 2 is 1.53 bits per heavy atom. The Morgan fingerprint density at radius 1 is 0.912 bits per heavy atom. The first-order valence-electron chi connectivity index (χ1n) is 12.5. The van der Waals surface area contributed by atoms with Crippen molar-refractivity contribution in [1.29, 1.82) is 0 Å². The maximum atomic E-state index is 13.7. The van der Waals surface area contributed by atoms with Gasteiger partial charge in [-0.1, -0.05) is 68.0 Å². The largest absolute Gasteiger partial charge is 0.425 e. The van der Waals surface area contributed by atoms with Gasteiger partial charge >= 0.3 is 5.97 Å². The number of rotatable bonds is 7. The molecule has 1 heterocycles. The van der Waals surface area contributed by atoms with Gasteiger partial charge in [-0.2, -0.15) is 0 Å². The molecule has 2 aromatic carbocycles. The Bertz CT molecular complexity index is 1120. The van der Waals surface area contributed by atoms with Crippen LogP contribution in [0.5, 0.6) is 5.75 Å². The van der Waals surface area contributed by atoms with E-state index in [0.29, 0.717) is 17.6 Å². The minimum atomic E-state index is -0.973. The number of nitrogens with zero attached hydrogens (tertiary/aromatic N) is 1. The number of likely N-dealkylation sites (tertiary alicyclic amines) is 1. The molecule has 2 amide bonds. The zero-order valence-corrected chi connectivity index (χ0v) is 19.3. The molecule has 7 rings (SSSR count). The van der Waals surface area contributed by atoms with Crippen molar-refractivity contribution in [2.75, 3.05) is 0 Å². The highest BCUT2D eigenvalue weighted by atomic mass is 16.5. The third kappa shape index (κ3) is 3.41. The lowest BCUT2D eigenvalue weighted by atomic mass is 9.63. The predicted molar refractivity (Wildman–Crippen MR) is 127 cm³/mol. The summed E-state index contributed by atoms with van der Waals surface area (Å²) in [5.74, 6) is 0.119. The third-order valence-corrected chi connectivity index (χ3v) is 8.23. The monoisotopic (exact) mass is 455 g/mol. The van der Waals surface area contributed by atoms with Crippen molar-refractivity contribution in [3.63, 3.8) is 0 Å². The number of benzene rings is 2. The Hall–Kier alpha value is -3.21. The Morgan fingerprint density at radius 3 is 2.12 bits per heavy atom. The fraction of sp³-hybridized carbons (Fsp3) is 0.414. The number of amides is 2. The smallest absolute Gasteiger partial charge is 0.335 e. The maximum absolute atomic E-state index is 13.7. The number of allylic oxidation sites excluding steroid dienone is 2. The molecule has 0 aromatic heterocycles. The predicted octanol–water partition coefficient (Wildman–Crippen LogP) is 4.21. The molecule has 3 fully saturated rings. The SMILES string of the molecule is CCCc1ccc(OC(=O)[C@H](Cc2ccccc2)N2C(=O)[C@H]3[C@@H]4C=C[C@H]([C@H]5C[C@H]45)[C@@H]3C2=O)cc1. The van der Waals surface area contributed by atoms with Crippen LogP contribution < -0.4 is 4.74 Å². The van der Waals surface area contributed by atoms with Gasteiger partial charge in [0.1, 0.15) is 11.8 Å². The highest BCUT2D eigenvalue weighted by Gasteiger charge is 2.68. The fourth-order valence-corrected chi connectivity index (χ4v) is 6.60. The van der Waals surface area contributed by atoms with Crippen molar-refractivity contribution >= 4 is 17.8 Å². The molecule has 2 saturated carbocycles. The van der Waals surface area contributed by atoms with Gasteiger partial charge in [0.15, 0.2) is 0 Å². The maximum Gasteiger partial charge on any atom is 0.335 e. The molecule has 0 N–H and O–H groups in total. The first-order chi connectivity index (χ1) is 16.6. The summed E-state index contributed by atoms with van der Waals surface area (Å²) in [6.45, 7) is 2.12. The minimum absolute atomic E-state index is 0.126. The summed E-state index contributed by atoms with van der Waals surface area (Å²) >= 11 is 0. The van der Waals surface area contributed by atoms with Gasteiger partial charge in [-0.3, -0.25) is 14.5 Å². The molecule has 7 atom stereocenters. The molecular weight excluding hydrogens is 426 g/mol. The number of hydrogen-bond donors (Lipinski definition) is 0. The lowest BCUT2D eigenvalue weighted by Gasteiger charge is -2.37. The fourth-order valence-electron chi connectivity index (χ4n) is 6.60. The van der Waals surface area contributed by atoms with Crippen LogP contribution in [0.3, 0.4) is 0 Å². The van der Waals surface area contributed by atoms with Gasteiger partial charge in [-0.25, -0.2) is 4.79 Å². The normalized spacial score (nSPS) is 31.3. The highest BCUT2D eigenvalue weighted by molar-refractivity contribution is 6.09. The number of esters is 1. The van der Waals surface area contributed by atoms with Crippen LogP contribution in [0.15, 0.2) is 66.7 Å². The van der Waals surface area contributed by atoms with E-state index in [4.69, 9.17) is 4.74 Å². The summed E-state index contributed by atoms with van der Waals surface area (Å²) in [6.07, 6.45) is 7.66. The third-order valence-electron chi connectivity index (χ3n) is 8.23. The molecule has 5 heteroatoms. The number of aryl methyl sites for hydroxylation is 1. The van der Waals surface area contributed by atoms with Gasteiger partial charge in [-0.05, 0) is 59.8 Å². The molecule has 34 heavy (non-hydrogen) atoms. The van der Waals surface area contributed by atoms with Gasteiger partial charge in [0.25, 0.3) is 0 Å². The number of ether oxygens (including phenoxy) is 1. The van der Waals surface area contributed by atoms with Gasteiger partial charge in [0, 0.05) is 6.42 Å². The lowest BCUT2D eigenvalue weighted by molar-refractivity contribution is -0.153. The van der Waals surface area contributed by atoms with Crippen molar-refractivity contribution in [3.8, 4) is 5.75 Å². The minimum Gasteiger partial charge on any atom is -0.425 e. The van der Waals surface area contributed by atoms with Crippen molar-refractivity contribution < 1.29 is 19.1 Å². The Labute approximate surface area is 199 Å². The van der Waals surface area contributed by atoms with E-state index < -0.39 is 12.0 Å². The van der Waals surface area contributed by atoms with Crippen LogP contribution >= 0.6 is 0 Å². The van der Waals surface area contributed by atoms with E-state index in [1.807, 2.05) is 42.5 Å². The van der Waals surface area contributed by atoms with E-state index in [1.165, 1.54) is 10.5 Å². The van der Waals surface area contributed by atoms with Crippen molar-refractivity contribution in [3.05, 3.63) is 77.9 Å². The molecule has 174 valence electrons. The molecular formula is C29H29NO4. The van der Waals surface area contributed by atoms with E-state index in [-0.39, 0.29) is 41.9 Å². The van der Waals surface area contributed by atoms with Crippen molar-refractivity contribution in [2.45, 2.75) is 38.6 Å². The molecule has 2 aromatic rings. The number of carbonyl (C=O) groups excluding carboxylic acids is 3. The molecule has 0 spiro atoms. The van der Waals surface area contributed by atoms with Crippen LogP contribution in [0, 0.1) is 35.5 Å². The van der Waals surface area contributed by atoms with Crippen LogP contribution in [0.2, 0.25) is 0 Å². The summed E-state index contributed by atoms with van der Waals surface area (Å²) < 4.78 is 5.74. The Kier molecular flexibility index (Phi) is 5.16.